The molecule has 1 heterocycles. The van der Waals surface area contributed by atoms with Crippen molar-refractivity contribution in [2.24, 2.45) is 0 Å². The fourth-order valence-electron chi connectivity index (χ4n) is 2.63. The van der Waals surface area contributed by atoms with Gasteiger partial charge in [0.1, 0.15) is 5.82 Å². The molecule has 24 heavy (non-hydrogen) atoms. The lowest BCUT2D eigenvalue weighted by Crippen LogP contribution is -2.44. The lowest BCUT2D eigenvalue weighted by molar-refractivity contribution is 0.387. The number of nitrogens with zero attached hydrogens (tertiary/aromatic N) is 2. The summed E-state index contributed by atoms with van der Waals surface area (Å²) in [7, 11) is -1.98. The molecule has 0 fully saturated rings. The van der Waals surface area contributed by atoms with Crippen molar-refractivity contribution in [1.29, 1.82) is 0 Å². The first-order chi connectivity index (χ1) is 11.3. The first kappa shape index (κ1) is 18.5. The number of hydrogen-bond acceptors (Lipinski definition) is 3. The van der Waals surface area contributed by atoms with Gasteiger partial charge >= 0.3 is 0 Å². The molecule has 0 spiro atoms. The first-order valence-corrected chi connectivity index (χ1v) is 13.8. The van der Waals surface area contributed by atoms with Crippen molar-refractivity contribution in [3.63, 3.8) is 0 Å². The lowest BCUT2D eigenvalue weighted by atomic mass is 10.2. The third-order valence-electron chi connectivity index (χ3n) is 4.12. The quantitative estimate of drug-likeness (QED) is 0.667. The highest BCUT2D eigenvalue weighted by molar-refractivity contribution is 6.92. The van der Waals surface area contributed by atoms with Crippen LogP contribution in [-0.2, 0) is 10.7 Å². The Morgan fingerprint density at radius 2 is 1.71 bits per heavy atom. The Balaban J connectivity index is 2.26. The monoisotopic (exact) mass is 356 g/mol. The minimum atomic E-state index is -2.18. The summed E-state index contributed by atoms with van der Waals surface area (Å²) >= 11 is 0. The second kappa shape index (κ2) is 7.38. The molecule has 1 unspecified atom stereocenters. The lowest BCUT2D eigenvalue weighted by Gasteiger charge is -2.32. The van der Waals surface area contributed by atoms with Crippen LogP contribution in [0.2, 0.25) is 19.6 Å². The van der Waals surface area contributed by atoms with Crippen LogP contribution in [0, 0.1) is 0 Å². The van der Waals surface area contributed by atoms with Gasteiger partial charge in [-0.3, -0.25) is 0 Å². The molecular formula is C19H28N2OSi2. The molecule has 1 aromatic carbocycles. The van der Waals surface area contributed by atoms with Gasteiger partial charge in [0.05, 0.1) is 0 Å². The van der Waals surface area contributed by atoms with Crippen LogP contribution >= 0.6 is 0 Å². The Hall–Kier alpha value is -1.83. The second-order valence-electron chi connectivity index (χ2n) is 6.82. The smallest absolute Gasteiger partial charge is 0.230 e. The largest absolute Gasteiger partial charge is 0.446 e. The van der Waals surface area contributed by atoms with Crippen LogP contribution < -0.4 is 0 Å². The van der Waals surface area contributed by atoms with Crippen LogP contribution in [-0.4, -0.2) is 33.5 Å². The molecule has 2 rings (SSSR count). The van der Waals surface area contributed by atoms with E-state index in [2.05, 4.69) is 92.0 Å². The minimum Gasteiger partial charge on any atom is -0.446 e. The molecule has 1 aromatic rings. The normalized spacial score (nSPS) is 18.8. The zero-order valence-electron chi connectivity index (χ0n) is 15.2. The Labute approximate surface area is 148 Å². The maximum atomic E-state index is 6.52. The van der Waals surface area contributed by atoms with Crippen molar-refractivity contribution in [3.8, 4) is 0 Å². The summed E-state index contributed by atoms with van der Waals surface area (Å²) in [5.74, 6) is 1.15. The van der Waals surface area contributed by atoms with Crippen molar-refractivity contribution in [2.75, 3.05) is 7.05 Å². The molecule has 3 nitrogen and oxygen atoms in total. The molecule has 1 aliphatic heterocycles. The number of benzene rings is 1. The van der Waals surface area contributed by atoms with E-state index in [-0.39, 0.29) is 0 Å². The number of hydrogen-bond donors (Lipinski definition) is 0. The molecule has 128 valence electrons. The summed E-state index contributed by atoms with van der Waals surface area (Å²) < 4.78 is 6.52. The van der Waals surface area contributed by atoms with Gasteiger partial charge in [-0.25, -0.2) is 0 Å². The standard InChI is InChI=1S/C19H28N2OSi2/c1-7-23(4,5)22-24(6,8-2)17-19-20(3)14-15-21(19)16-18-12-10-9-11-13-18/h7-15,17H,1-2,16H2,3-6H3. The highest BCUT2D eigenvalue weighted by Crippen LogP contribution is 2.26. The van der Waals surface area contributed by atoms with E-state index >= 15 is 0 Å². The van der Waals surface area contributed by atoms with Gasteiger partial charge in [0.15, 0.2) is 8.32 Å². The fourth-order valence-corrected chi connectivity index (χ4v) is 9.07. The SMILES string of the molecule is C=C[Si](C)(C)O[Si](C)(C=C)C=C1N(C)C=CN1Cc1ccccc1. The highest BCUT2D eigenvalue weighted by atomic mass is 28.4. The first-order valence-electron chi connectivity index (χ1n) is 8.20. The van der Waals surface area contributed by atoms with E-state index in [1.54, 1.807) is 0 Å². The van der Waals surface area contributed by atoms with Gasteiger partial charge in [-0.1, -0.05) is 41.7 Å². The molecule has 0 aromatic heterocycles. The van der Waals surface area contributed by atoms with E-state index in [1.165, 1.54) is 5.56 Å². The molecule has 5 heteroatoms. The molecule has 1 aliphatic rings. The van der Waals surface area contributed by atoms with Crippen LogP contribution in [0.1, 0.15) is 5.56 Å². The molecule has 0 saturated carbocycles. The molecule has 0 aliphatic carbocycles. The van der Waals surface area contributed by atoms with Gasteiger partial charge in [0, 0.05) is 26.0 Å². The van der Waals surface area contributed by atoms with Crippen LogP contribution in [0.4, 0.5) is 0 Å². The predicted octanol–water partition coefficient (Wildman–Crippen LogP) is 4.53. The minimum absolute atomic E-state index is 0.845. The number of rotatable bonds is 7. The Kier molecular flexibility index (Phi) is 5.69. The highest BCUT2D eigenvalue weighted by Gasteiger charge is 2.33. The van der Waals surface area contributed by atoms with Gasteiger partial charge in [0.2, 0.25) is 8.32 Å². The fraction of sp³-hybridized carbons (Fsp3) is 0.263. The Morgan fingerprint density at radius 3 is 2.29 bits per heavy atom. The van der Waals surface area contributed by atoms with E-state index in [0.29, 0.717) is 0 Å². The Bertz CT molecular complexity index is 655. The third kappa shape index (κ3) is 4.60. The summed E-state index contributed by atoms with van der Waals surface area (Å²) in [5, 5.41) is 0. The maximum Gasteiger partial charge on any atom is 0.230 e. The molecule has 1 atom stereocenters. The van der Waals surface area contributed by atoms with Crippen LogP contribution in [0.15, 0.2) is 78.8 Å². The topological polar surface area (TPSA) is 15.7 Å². The summed E-state index contributed by atoms with van der Waals surface area (Å²) in [4.78, 5) is 4.40. The van der Waals surface area contributed by atoms with Crippen LogP contribution in [0.25, 0.3) is 0 Å². The summed E-state index contributed by atoms with van der Waals surface area (Å²) in [6.07, 6.45) is 4.20. The third-order valence-corrected chi connectivity index (χ3v) is 10.6. The molecule has 0 N–H and O–H groups in total. The van der Waals surface area contributed by atoms with Gasteiger partial charge in [-0.15, -0.1) is 13.2 Å². The summed E-state index contributed by atoms with van der Waals surface area (Å²) in [6.45, 7) is 15.4. The maximum absolute atomic E-state index is 6.52. The second-order valence-corrected chi connectivity index (χ2v) is 14.3. The predicted molar refractivity (Wildman–Crippen MR) is 108 cm³/mol. The van der Waals surface area contributed by atoms with E-state index in [9.17, 15) is 0 Å². The zero-order chi connectivity index (χ0) is 17.8. The van der Waals surface area contributed by atoms with Gasteiger partial charge in [-0.2, -0.15) is 0 Å². The van der Waals surface area contributed by atoms with Gasteiger partial charge in [-0.05, 0) is 30.9 Å². The van der Waals surface area contributed by atoms with Crippen LogP contribution in [0.5, 0.6) is 0 Å². The van der Waals surface area contributed by atoms with Crippen LogP contribution in [0.3, 0.4) is 0 Å². The zero-order valence-corrected chi connectivity index (χ0v) is 17.2. The summed E-state index contributed by atoms with van der Waals surface area (Å²) in [5.41, 5.74) is 7.55. The van der Waals surface area contributed by atoms with E-state index in [1.807, 2.05) is 17.5 Å². The van der Waals surface area contributed by atoms with Crippen molar-refractivity contribution in [3.05, 3.63) is 84.4 Å². The molecule has 0 radical (unpaired) electrons. The van der Waals surface area contributed by atoms with Crippen molar-refractivity contribution >= 4 is 16.6 Å². The van der Waals surface area contributed by atoms with E-state index in [0.717, 1.165) is 12.4 Å². The van der Waals surface area contributed by atoms with E-state index < -0.39 is 16.6 Å². The molecule has 0 bridgehead atoms. The van der Waals surface area contributed by atoms with Gasteiger partial charge < -0.3 is 13.9 Å². The molecular weight excluding hydrogens is 328 g/mol. The van der Waals surface area contributed by atoms with Gasteiger partial charge in [0.25, 0.3) is 0 Å². The Morgan fingerprint density at radius 1 is 1.04 bits per heavy atom. The van der Waals surface area contributed by atoms with Crippen molar-refractivity contribution < 1.29 is 4.12 Å². The van der Waals surface area contributed by atoms with E-state index in [4.69, 9.17) is 4.12 Å². The average Bonchev–Trinajstić information content (AvgIpc) is 2.88. The average molecular weight is 357 g/mol. The van der Waals surface area contributed by atoms with Crippen molar-refractivity contribution in [2.45, 2.75) is 26.2 Å². The molecule has 0 amide bonds. The van der Waals surface area contributed by atoms with Crippen molar-refractivity contribution in [1.82, 2.24) is 9.80 Å². The molecule has 0 saturated heterocycles. The summed E-state index contributed by atoms with van der Waals surface area (Å²) in [6, 6.07) is 10.5.